The fourth-order valence-corrected chi connectivity index (χ4v) is 2.86. The summed E-state index contributed by atoms with van der Waals surface area (Å²) >= 11 is 5.54. The molecule has 102 valence electrons. The van der Waals surface area contributed by atoms with E-state index in [0.717, 1.165) is 5.56 Å². The molecule has 0 atom stereocenters. The molecule has 3 aromatic rings. The Morgan fingerprint density at radius 1 is 1.35 bits per heavy atom. The molecule has 0 fully saturated rings. The van der Waals surface area contributed by atoms with Gasteiger partial charge >= 0.3 is 5.69 Å². The van der Waals surface area contributed by atoms with Gasteiger partial charge in [-0.2, -0.15) is 0 Å². The van der Waals surface area contributed by atoms with E-state index in [4.69, 9.17) is 0 Å². The molecule has 20 heavy (non-hydrogen) atoms. The van der Waals surface area contributed by atoms with Gasteiger partial charge in [0.25, 0.3) is 5.56 Å². The molecule has 0 unspecified atom stereocenters. The van der Waals surface area contributed by atoms with Crippen LogP contribution in [0.5, 0.6) is 0 Å². The molecule has 0 N–H and O–H groups in total. The topological polar surface area (TPSA) is 56.9 Å². The number of hydrogen-bond donors (Lipinski definition) is 1. The summed E-state index contributed by atoms with van der Waals surface area (Å²) in [4.78, 5) is 25.5. The van der Waals surface area contributed by atoms with Crippen molar-refractivity contribution < 1.29 is 0 Å². The molecule has 0 radical (unpaired) electrons. The van der Waals surface area contributed by atoms with E-state index in [2.05, 4.69) is 17.0 Å². The third-order valence-corrected chi connectivity index (χ3v) is 4.07. The smallest absolute Gasteiger partial charge is 0.296 e. The van der Waals surface area contributed by atoms with Crippen LogP contribution in [0, 0.1) is 0 Å². The predicted octanol–water partition coefficient (Wildman–Crippen LogP) is 1.49. The fourth-order valence-electron chi connectivity index (χ4n) is 2.13. The van der Waals surface area contributed by atoms with Crippen molar-refractivity contribution in [2.24, 2.45) is 7.05 Å². The summed E-state index contributed by atoms with van der Waals surface area (Å²) in [6.45, 7) is 0.231. The molecular formula is C13H11N3O2S2. The van der Waals surface area contributed by atoms with Crippen LogP contribution in [0.2, 0.25) is 0 Å². The molecular weight excluding hydrogens is 294 g/mol. The molecule has 0 aliphatic heterocycles. The molecule has 2 aromatic heterocycles. The molecule has 0 aliphatic rings. The van der Waals surface area contributed by atoms with E-state index < -0.39 is 0 Å². The van der Waals surface area contributed by atoms with Crippen LogP contribution in [0.3, 0.4) is 0 Å². The van der Waals surface area contributed by atoms with Crippen LogP contribution >= 0.6 is 24.2 Å². The lowest BCUT2D eigenvalue weighted by molar-refractivity contribution is 0.661. The second-order valence-corrected chi connectivity index (χ2v) is 5.64. The Hall–Kier alpha value is -1.86. The maximum atomic E-state index is 12.5. The number of nitrogens with zero attached hydrogens (tertiary/aromatic N) is 3. The molecule has 0 bridgehead atoms. The first kappa shape index (κ1) is 13.1. The van der Waals surface area contributed by atoms with E-state index in [0.29, 0.717) is 15.8 Å². The van der Waals surface area contributed by atoms with Crippen molar-refractivity contribution in [2.75, 3.05) is 0 Å². The van der Waals surface area contributed by atoms with Gasteiger partial charge in [0.2, 0.25) is 0 Å². The van der Waals surface area contributed by atoms with Crippen molar-refractivity contribution in [3.63, 3.8) is 0 Å². The number of fused-ring (bicyclic) bond motifs is 1. The van der Waals surface area contributed by atoms with E-state index >= 15 is 0 Å². The first-order valence-electron chi connectivity index (χ1n) is 5.89. The minimum Gasteiger partial charge on any atom is -0.296 e. The van der Waals surface area contributed by atoms with Crippen LogP contribution in [0.4, 0.5) is 0 Å². The van der Waals surface area contributed by atoms with Crippen molar-refractivity contribution in [1.82, 2.24) is 13.5 Å². The third kappa shape index (κ3) is 2.08. The second kappa shape index (κ2) is 4.92. The molecule has 3 rings (SSSR count). The van der Waals surface area contributed by atoms with Gasteiger partial charge in [-0.15, -0.1) is 12.6 Å². The van der Waals surface area contributed by atoms with Crippen LogP contribution in [0.1, 0.15) is 5.56 Å². The van der Waals surface area contributed by atoms with Gasteiger partial charge < -0.3 is 0 Å². The quantitative estimate of drug-likeness (QED) is 0.730. The lowest BCUT2D eigenvalue weighted by atomic mass is 10.2. The Bertz CT molecular complexity index is 894. The predicted molar refractivity (Wildman–Crippen MR) is 81.9 cm³/mol. The molecule has 0 saturated carbocycles. The summed E-state index contributed by atoms with van der Waals surface area (Å²) in [5, 5.41) is 2.31. The molecule has 0 saturated heterocycles. The van der Waals surface area contributed by atoms with Crippen molar-refractivity contribution in [3.8, 4) is 0 Å². The van der Waals surface area contributed by atoms with Crippen molar-refractivity contribution in [1.29, 1.82) is 0 Å². The SMILES string of the molecule is Cn1c(=O)n(Cc2cnsc2)c(=O)c2cc(S)ccc21. The molecule has 7 heteroatoms. The summed E-state index contributed by atoms with van der Waals surface area (Å²) < 4.78 is 6.68. The zero-order valence-corrected chi connectivity index (χ0v) is 12.3. The number of rotatable bonds is 2. The minimum atomic E-state index is -0.333. The normalized spacial score (nSPS) is 11.1. The Labute approximate surface area is 123 Å². The highest BCUT2D eigenvalue weighted by atomic mass is 32.1. The number of hydrogen-bond acceptors (Lipinski definition) is 5. The van der Waals surface area contributed by atoms with E-state index in [9.17, 15) is 9.59 Å². The van der Waals surface area contributed by atoms with E-state index in [-0.39, 0.29) is 17.8 Å². The summed E-state index contributed by atoms with van der Waals surface area (Å²) in [6, 6.07) is 5.18. The van der Waals surface area contributed by atoms with Gasteiger partial charge in [-0.25, -0.2) is 9.17 Å². The van der Waals surface area contributed by atoms with Gasteiger partial charge in [-0.05, 0) is 29.7 Å². The maximum Gasteiger partial charge on any atom is 0.331 e. The molecule has 5 nitrogen and oxygen atoms in total. The Morgan fingerprint density at radius 2 is 2.15 bits per heavy atom. The van der Waals surface area contributed by atoms with Crippen molar-refractivity contribution in [3.05, 3.63) is 56.2 Å². The number of aromatic nitrogens is 3. The number of aryl methyl sites for hydroxylation is 1. The Balaban J connectivity index is 2.32. The summed E-state index contributed by atoms with van der Waals surface area (Å²) in [5.74, 6) is 0. The van der Waals surface area contributed by atoms with Gasteiger partial charge in [0, 0.05) is 29.1 Å². The lowest BCUT2D eigenvalue weighted by Crippen LogP contribution is -2.39. The fraction of sp³-hybridized carbons (Fsp3) is 0.154. The molecule has 2 heterocycles. The van der Waals surface area contributed by atoms with Gasteiger partial charge in [-0.3, -0.25) is 13.9 Å². The number of benzene rings is 1. The van der Waals surface area contributed by atoms with Gasteiger partial charge in [0.1, 0.15) is 0 Å². The largest absolute Gasteiger partial charge is 0.331 e. The molecule has 0 amide bonds. The first-order chi connectivity index (χ1) is 9.58. The lowest BCUT2D eigenvalue weighted by Gasteiger charge is -2.10. The summed E-state index contributed by atoms with van der Waals surface area (Å²) in [6.07, 6.45) is 1.66. The molecule has 1 aromatic carbocycles. The van der Waals surface area contributed by atoms with Crippen LogP contribution in [-0.4, -0.2) is 13.5 Å². The van der Waals surface area contributed by atoms with E-state index in [1.807, 2.05) is 5.38 Å². The highest BCUT2D eigenvalue weighted by molar-refractivity contribution is 7.80. The maximum absolute atomic E-state index is 12.5. The van der Waals surface area contributed by atoms with Gasteiger partial charge in [-0.1, -0.05) is 0 Å². The minimum absolute atomic E-state index is 0.231. The zero-order valence-electron chi connectivity index (χ0n) is 10.6. The van der Waals surface area contributed by atoms with Crippen LogP contribution in [0.25, 0.3) is 10.9 Å². The Morgan fingerprint density at radius 3 is 2.85 bits per heavy atom. The number of thiol groups is 1. The third-order valence-electron chi connectivity index (χ3n) is 3.16. The van der Waals surface area contributed by atoms with Gasteiger partial charge in [0.05, 0.1) is 17.4 Å². The summed E-state index contributed by atoms with van der Waals surface area (Å²) in [7, 11) is 1.66. The first-order valence-corrected chi connectivity index (χ1v) is 7.17. The molecule has 0 aliphatic carbocycles. The average Bonchev–Trinajstić information content (AvgIpc) is 2.94. The monoisotopic (exact) mass is 305 g/mol. The standard InChI is InChI=1S/C13H11N3O2S2/c1-15-11-3-2-9(19)4-10(11)12(17)16(13(15)18)6-8-5-14-20-7-8/h2-5,7,19H,6H2,1H3. The van der Waals surface area contributed by atoms with Gasteiger partial charge in [0.15, 0.2) is 0 Å². The highest BCUT2D eigenvalue weighted by Gasteiger charge is 2.11. The highest BCUT2D eigenvalue weighted by Crippen LogP contribution is 2.13. The average molecular weight is 305 g/mol. The van der Waals surface area contributed by atoms with Crippen molar-refractivity contribution >= 4 is 35.1 Å². The van der Waals surface area contributed by atoms with E-state index in [1.165, 1.54) is 20.7 Å². The van der Waals surface area contributed by atoms with Crippen molar-refractivity contribution in [2.45, 2.75) is 11.4 Å². The molecule has 0 spiro atoms. The van der Waals surface area contributed by atoms with E-state index in [1.54, 1.807) is 31.4 Å². The Kier molecular flexibility index (Phi) is 3.23. The van der Waals surface area contributed by atoms with Crippen LogP contribution in [-0.2, 0) is 13.6 Å². The van der Waals surface area contributed by atoms with Crippen LogP contribution < -0.4 is 11.2 Å². The van der Waals surface area contributed by atoms with Crippen LogP contribution in [0.15, 0.2) is 44.3 Å². The zero-order chi connectivity index (χ0) is 14.3. The second-order valence-electron chi connectivity index (χ2n) is 4.47. The summed E-state index contributed by atoms with van der Waals surface area (Å²) in [5.41, 5.74) is 0.818.